The molecule has 0 fully saturated rings. The van der Waals surface area contributed by atoms with Crippen LogP contribution < -0.4 is 0 Å². The van der Waals surface area contributed by atoms with Gasteiger partial charge in [0.05, 0.1) is 5.56 Å². The van der Waals surface area contributed by atoms with E-state index in [1.807, 2.05) is 54.6 Å². The lowest BCUT2D eigenvalue weighted by Gasteiger charge is -2.30. The Balaban J connectivity index is 2.02. The Morgan fingerprint density at radius 3 is 2.27 bits per heavy atom. The van der Waals surface area contributed by atoms with Crippen LogP contribution in [-0.2, 0) is 17.8 Å². The van der Waals surface area contributed by atoms with E-state index in [4.69, 9.17) is 11.6 Å². The Morgan fingerprint density at radius 2 is 1.63 bits per heavy atom. The quantitative estimate of drug-likeness (QED) is 0.380. The third-order valence-electron chi connectivity index (χ3n) is 4.60. The molecule has 1 N–H and O–H groups in total. The van der Waals surface area contributed by atoms with Gasteiger partial charge < -0.3 is 10.0 Å². The smallest absolute Gasteiger partial charge is 0.326 e. The predicted octanol–water partition coefficient (Wildman–Crippen LogP) is 6.20. The minimum Gasteiger partial charge on any atom is -0.480 e. The van der Waals surface area contributed by atoms with Crippen molar-refractivity contribution in [2.45, 2.75) is 19.0 Å². The Morgan fingerprint density at radius 1 is 0.933 bits per heavy atom. The van der Waals surface area contributed by atoms with Gasteiger partial charge in [-0.1, -0.05) is 70.0 Å². The van der Waals surface area contributed by atoms with Gasteiger partial charge in [0.2, 0.25) is 0 Å². The number of amides is 1. The second kappa shape index (κ2) is 10.2. The lowest BCUT2D eigenvalue weighted by Crippen LogP contribution is -2.46. The zero-order chi connectivity index (χ0) is 21.7. The molecule has 30 heavy (non-hydrogen) atoms. The average Bonchev–Trinajstić information content (AvgIpc) is 2.71. The predicted molar refractivity (Wildman–Crippen MR) is 125 cm³/mol. The topological polar surface area (TPSA) is 57.6 Å². The largest absolute Gasteiger partial charge is 0.480 e. The molecule has 1 amide bonds. The number of benzene rings is 3. The maximum atomic E-state index is 13.5. The highest BCUT2D eigenvalue weighted by Gasteiger charge is 2.31. The number of carbonyl (C=O) groups is 2. The van der Waals surface area contributed by atoms with Crippen LogP contribution in [0.2, 0.25) is 5.02 Å². The van der Waals surface area contributed by atoms with Crippen molar-refractivity contribution in [3.8, 4) is 0 Å². The minimum absolute atomic E-state index is 0.150. The van der Waals surface area contributed by atoms with Gasteiger partial charge in [-0.15, -0.1) is 0 Å². The van der Waals surface area contributed by atoms with Gasteiger partial charge in [-0.2, -0.15) is 0 Å². The summed E-state index contributed by atoms with van der Waals surface area (Å²) < 4.78 is 1.37. The van der Waals surface area contributed by atoms with Gasteiger partial charge in [-0.3, -0.25) is 4.79 Å². The number of nitrogens with zero attached hydrogens (tertiary/aromatic N) is 1. The zero-order valence-electron chi connectivity index (χ0n) is 15.8. The SMILES string of the molecule is O=C(O)C(Cc1ccccc1)N(Cc1cccc(Br)c1)C(=O)c1ccc(Cl)cc1Br. The number of hydrogen-bond acceptors (Lipinski definition) is 2. The van der Waals surface area contributed by atoms with Crippen molar-refractivity contribution in [2.24, 2.45) is 0 Å². The van der Waals surface area contributed by atoms with Gasteiger partial charge in [0.25, 0.3) is 5.91 Å². The van der Waals surface area contributed by atoms with Gasteiger partial charge in [0.15, 0.2) is 0 Å². The lowest BCUT2D eigenvalue weighted by molar-refractivity contribution is -0.142. The molecule has 0 saturated carbocycles. The molecular weight excluding hydrogens is 534 g/mol. The molecule has 3 rings (SSSR count). The van der Waals surface area contributed by atoms with E-state index in [0.717, 1.165) is 15.6 Å². The molecule has 0 aliphatic carbocycles. The van der Waals surface area contributed by atoms with Gasteiger partial charge in [-0.25, -0.2) is 4.79 Å². The van der Waals surface area contributed by atoms with Crippen molar-refractivity contribution in [1.82, 2.24) is 4.90 Å². The normalized spacial score (nSPS) is 11.7. The van der Waals surface area contributed by atoms with Crippen LogP contribution in [0.4, 0.5) is 0 Å². The van der Waals surface area contributed by atoms with Gasteiger partial charge >= 0.3 is 5.97 Å². The molecule has 3 aromatic carbocycles. The third-order valence-corrected chi connectivity index (χ3v) is 5.98. The summed E-state index contributed by atoms with van der Waals surface area (Å²) in [5.74, 6) is -1.45. The first-order valence-corrected chi connectivity index (χ1v) is 11.1. The Bertz CT molecular complexity index is 1060. The number of aliphatic carboxylic acids is 1. The Labute approximate surface area is 196 Å². The number of carboxylic acid groups (broad SMARTS) is 1. The van der Waals surface area contributed by atoms with Crippen LogP contribution in [0, 0.1) is 0 Å². The van der Waals surface area contributed by atoms with Crippen LogP contribution >= 0.6 is 43.5 Å². The number of hydrogen-bond donors (Lipinski definition) is 1. The highest BCUT2D eigenvalue weighted by atomic mass is 79.9. The molecule has 7 heteroatoms. The van der Waals surface area contributed by atoms with E-state index in [2.05, 4.69) is 31.9 Å². The molecule has 0 saturated heterocycles. The lowest BCUT2D eigenvalue weighted by atomic mass is 10.0. The van der Waals surface area contributed by atoms with E-state index in [1.54, 1.807) is 18.2 Å². The number of carbonyl (C=O) groups excluding carboxylic acids is 1. The molecule has 0 aromatic heterocycles. The standard InChI is InChI=1S/C23H18Br2ClNO3/c24-17-8-4-7-16(11-17)14-27(22(28)19-10-9-18(26)13-20(19)25)21(23(29)30)12-15-5-2-1-3-6-15/h1-11,13,21H,12,14H2,(H,29,30). The second-order valence-corrected chi connectivity index (χ2v) is 8.94. The Kier molecular flexibility index (Phi) is 7.69. The van der Waals surface area contributed by atoms with Crippen molar-refractivity contribution < 1.29 is 14.7 Å². The van der Waals surface area contributed by atoms with Gasteiger partial charge in [0.1, 0.15) is 6.04 Å². The van der Waals surface area contributed by atoms with Crippen LogP contribution in [0.3, 0.4) is 0 Å². The van der Waals surface area contributed by atoms with Crippen molar-refractivity contribution in [2.75, 3.05) is 0 Å². The van der Waals surface area contributed by atoms with E-state index in [0.29, 0.717) is 15.1 Å². The Hall–Kier alpha value is -2.15. The van der Waals surface area contributed by atoms with Crippen LogP contribution in [-0.4, -0.2) is 27.9 Å². The van der Waals surface area contributed by atoms with Crippen LogP contribution in [0.25, 0.3) is 0 Å². The molecule has 0 bridgehead atoms. The summed E-state index contributed by atoms with van der Waals surface area (Å²) in [6.45, 7) is 0.150. The first kappa shape index (κ1) is 22.5. The van der Waals surface area contributed by atoms with E-state index < -0.39 is 12.0 Å². The van der Waals surface area contributed by atoms with Crippen LogP contribution in [0.5, 0.6) is 0 Å². The maximum absolute atomic E-state index is 13.5. The molecule has 1 unspecified atom stereocenters. The molecule has 0 aliphatic rings. The van der Waals surface area contributed by atoms with E-state index >= 15 is 0 Å². The third kappa shape index (κ3) is 5.72. The molecule has 4 nitrogen and oxygen atoms in total. The summed E-state index contributed by atoms with van der Waals surface area (Å²) in [4.78, 5) is 27.1. The molecule has 0 spiro atoms. The monoisotopic (exact) mass is 549 g/mol. The highest BCUT2D eigenvalue weighted by Crippen LogP contribution is 2.26. The fraction of sp³-hybridized carbons (Fsp3) is 0.130. The molecule has 0 radical (unpaired) electrons. The average molecular weight is 552 g/mol. The van der Waals surface area contributed by atoms with Crippen molar-refractivity contribution >= 4 is 55.3 Å². The fourth-order valence-electron chi connectivity index (χ4n) is 3.14. The summed E-state index contributed by atoms with van der Waals surface area (Å²) in [5.41, 5.74) is 2.02. The van der Waals surface area contributed by atoms with Crippen molar-refractivity contribution in [1.29, 1.82) is 0 Å². The second-order valence-electron chi connectivity index (χ2n) is 6.73. The first-order chi connectivity index (χ1) is 14.3. The number of rotatable bonds is 7. The van der Waals surface area contributed by atoms with E-state index in [1.165, 1.54) is 4.90 Å². The summed E-state index contributed by atoms with van der Waals surface area (Å²) in [7, 11) is 0. The molecular formula is C23H18Br2ClNO3. The van der Waals surface area contributed by atoms with Gasteiger partial charge in [0, 0.05) is 26.9 Å². The molecule has 1 atom stereocenters. The van der Waals surface area contributed by atoms with Crippen LogP contribution in [0.1, 0.15) is 21.5 Å². The summed E-state index contributed by atoms with van der Waals surface area (Å²) >= 11 is 12.8. The van der Waals surface area contributed by atoms with E-state index in [9.17, 15) is 14.7 Å². The summed E-state index contributed by atoms with van der Waals surface area (Å²) in [6.07, 6.45) is 0.196. The maximum Gasteiger partial charge on any atom is 0.326 e. The van der Waals surface area contributed by atoms with Gasteiger partial charge in [-0.05, 0) is 57.4 Å². The summed E-state index contributed by atoms with van der Waals surface area (Å²) in [5, 5.41) is 10.5. The number of halogens is 3. The molecule has 0 aliphatic heterocycles. The first-order valence-electron chi connectivity index (χ1n) is 9.12. The molecule has 3 aromatic rings. The zero-order valence-corrected chi connectivity index (χ0v) is 19.7. The fourth-order valence-corrected chi connectivity index (χ4v) is 4.44. The number of carboxylic acids is 1. The van der Waals surface area contributed by atoms with Crippen molar-refractivity contribution in [3.63, 3.8) is 0 Å². The van der Waals surface area contributed by atoms with Crippen molar-refractivity contribution in [3.05, 3.63) is 103 Å². The molecule has 0 heterocycles. The van der Waals surface area contributed by atoms with Crippen LogP contribution in [0.15, 0.2) is 81.7 Å². The molecule has 154 valence electrons. The summed E-state index contributed by atoms with van der Waals surface area (Å²) in [6, 6.07) is 20.6. The van der Waals surface area contributed by atoms with E-state index in [-0.39, 0.29) is 18.9 Å². The highest BCUT2D eigenvalue weighted by molar-refractivity contribution is 9.10. The minimum atomic E-state index is -1.06.